The predicted molar refractivity (Wildman–Crippen MR) is 240 cm³/mol. The molecule has 0 aliphatic heterocycles. The van der Waals surface area contributed by atoms with E-state index in [9.17, 15) is 0 Å². The van der Waals surface area contributed by atoms with Gasteiger partial charge in [0.2, 0.25) is 0 Å². The van der Waals surface area contributed by atoms with Crippen LogP contribution in [0.4, 0.5) is 0 Å². The van der Waals surface area contributed by atoms with Crippen molar-refractivity contribution in [2.75, 3.05) is 39.6 Å². The summed E-state index contributed by atoms with van der Waals surface area (Å²) in [5.74, 6) is 0. The molecule has 0 bridgehead atoms. The molecule has 0 aromatic heterocycles. The molecule has 0 radical (unpaired) electrons. The van der Waals surface area contributed by atoms with E-state index < -0.39 is 11.2 Å². The Morgan fingerprint density at radius 3 is 0.746 bits per heavy atom. The van der Waals surface area contributed by atoms with E-state index in [0.717, 1.165) is 33.4 Å². The van der Waals surface area contributed by atoms with Gasteiger partial charge in [0, 0.05) is 0 Å². The third kappa shape index (κ3) is 10.8. The van der Waals surface area contributed by atoms with Crippen LogP contribution in [0.3, 0.4) is 0 Å². The van der Waals surface area contributed by atoms with E-state index in [0.29, 0.717) is 39.6 Å². The third-order valence-electron chi connectivity index (χ3n) is 11.0. The molecule has 59 heavy (non-hydrogen) atoms. The van der Waals surface area contributed by atoms with Crippen molar-refractivity contribution in [2.45, 2.75) is 65.0 Å². The fraction of sp³-hybridized carbons (Fsp3) is 0.333. The van der Waals surface area contributed by atoms with E-state index in [1.165, 1.54) is 0 Å². The molecule has 0 amide bonds. The number of rotatable bonds is 20. The van der Waals surface area contributed by atoms with Gasteiger partial charge < -0.3 is 23.7 Å². The zero-order chi connectivity index (χ0) is 41.6. The Bertz CT molecular complexity index is 1710. The standard InChI is InChI=1S/C54H62O5/c1-51(2,3)49(41-58-53(43-25-13-7-14-26-43,44-27-15-8-16-28-44)45-29-17-9-18-30-45)56-39-37-55-38-40-57-50(52(4,5)6)42-59-54(46-31-19-10-20-32-46,47-33-21-11-22-34-47)48-35-23-12-24-36-48/h7-36,49-50H,37-42H2,1-6H3/t49-,50-/m0/s1. The molecule has 0 spiro atoms. The Morgan fingerprint density at radius 2 is 0.542 bits per heavy atom. The zero-order valence-electron chi connectivity index (χ0n) is 35.8. The average Bonchev–Trinajstić information content (AvgIpc) is 3.26. The summed E-state index contributed by atoms with van der Waals surface area (Å²) < 4.78 is 33.6. The van der Waals surface area contributed by atoms with E-state index >= 15 is 0 Å². The minimum Gasteiger partial charge on any atom is -0.377 e. The Kier molecular flexibility index (Phi) is 15.1. The minimum atomic E-state index is -0.819. The molecule has 6 aromatic carbocycles. The summed E-state index contributed by atoms with van der Waals surface area (Å²) in [5.41, 5.74) is 4.40. The van der Waals surface area contributed by atoms with Crippen LogP contribution in [-0.2, 0) is 34.9 Å². The Labute approximate surface area is 353 Å². The van der Waals surface area contributed by atoms with Crippen LogP contribution in [0, 0.1) is 10.8 Å². The fourth-order valence-corrected chi connectivity index (χ4v) is 7.64. The van der Waals surface area contributed by atoms with Gasteiger partial charge in [-0.1, -0.05) is 224 Å². The van der Waals surface area contributed by atoms with Gasteiger partial charge in [0.15, 0.2) is 0 Å². The Morgan fingerprint density at radius 1 is 0.322 bits per heavy atom. The summed E-state index contributed by atoms with van der Waals surface area (Å²) in [6.45, 7) is 15.7. The van der Waals surface area contributed by atoms with E-state index in [1.807, 2.05) is 36.4 Å². The maximum Gasteiger partial charge on any atom is 0.143 e. The molecule has 2 atom stereocenters. The van der Waals surface area contributed by atoms with Gasteiger partial charge in [0.05, 0.1) is 51.8 Å². The lowest BCUT2D eigenvalue weighted by Gasteiger charge is -2.39. The lowest BCUT2D eigenvalue weighted by atomic mass is 9.79. The largest absolute Gasteiger partial charge is 0.377 e. The number of hydrogen-bond acceptors (Lipinski definition) is 5. The molecule has 5 nitrogen and oxygen atoms in total. The summed E-state index contributed by atoms with van der Waals surface area (Å²) in [5, 5.41) is 0. The molecule has 308 valence electrons. The number of hydrogen-bond donors (Lipinski definition) is 0. The van der Waals surface area contributed by atoms with E-state index in [4.69, 9.17) is 23.7 Å². The van der Waals surface area contributed by atoms with Gasteiger partial charge >= 0.3 is 0 Å². The first-order chi connectivity index (χ1) is 28.5. The fourth-order valence-electron chi connectivity index (χ4n) is 7.64. The van der Waals surface area contributed by atoms with E-state index in [1.54, 1.807) is 0 Å². The average molecular weight is 791 g/mol. The SMILES string of the molecule is CC(C)(C)[C@H](COC(c1ccccc1)(c1ccccc1)c1ccccc1)OCCOCCO[C@@H](COC(c1ccccc1)(c1ccccc1)c1ccccc1)C(C)(C)C. The molecule has 6 aromatic rings. The van der Waals surface area contributed by atoms with Gasteiger partial charge in [0.1, 0.15) is 11.2 Å². The molecule has 6 rings (SSSR count). The molecular formula is C54H62O5. The smallest absolute Gasteiger partial charge is 0.143 e. The van der Waals surface area contributed by atoms with Crippen molar-refractivity contribution >= 4 is 0 Å². The topological polar surface area (TPSA) is 46.2 Å². The van der Waals surface area contributed by atoms with Crippen molar-refractivity contribution in [2.24, 2.45) is 10.8 Å². The molecule has 0 N–H and O–H groups in total. The number of ether oxygens (including phenoxy) is 5. The highest BCUT2D eigenvalue weighted by atomic mass is 16.6. The molecule has 0 saturated heterocycles. The maximum absolute atomic E-state index is 7.16. The first-order valence-electron chi connectivity index (χ1n) is 21.0. The van der Waals surface area contributed by atoms with Crippen molar-refractivity contribution in [3.8, 4) is 0 Å². The molecule has 0 aliphatic carbocycles. The molecular weight excluding hydrogens is 729 g/mol. The Balaban J connectivity index is 1.09. The zero-order valence-corrected chi connectivity index (χ0v) is 35.8. The van der Waals surface area contributed by atoms with Crippen LogP contribution in [0.25, 0.3) is 0 Å². The Hall–Kier alpha value is -4.88. The van der Waals surface area contributed by atoms with Gasteiger partial charge in [-0.25, -0.2) is 0 Å². The van der Waals surface area contributed by atoms with Crippen LogP contribution in [0.5, 0.6) is 0 Å². The van der Waals surface area contributed by atoms with Crippen LogP contribution in [-0.4, -0.2) is 51.8 Å². The van der Waals surface area contributed by atoms with Crippen LogP contribution in [0.1, 0.15) is 74.9 Å². The summed E-state index contributed by atoms with van der Waals surface area (Å²) >= 11 is 0. The van der Waals surface area contributed by atoms with Crippen molar-refractivity contribution < 1.29 is 23.7 Å². The van der Waals surface area contributed by atoms with Gasteiger partial charge in [-0.3, -0.25) is 0 Å². The monoisotopic (exact) mass is 790 g/mol. The van der Waals surface area contributed by atoms with Crippen molar-refractivity contribution in [3.05, 3.63) is 215 Å². The van der Waals surface area contributed by atoms with Crippen LogP contribution >= 0.6 is 0 Å². The van der Waals surface area contributed by atoms with E-state index in [2.05, 4.69) is 187 Å². The molecule has 0 fully saturated rings. The summed E-state index contributed by atoms with van der Waals surface area (Å²) in [7, 11) is 0. The normalized spacial score (nSPS) is 13.5. The van der Waals surface area contributed by atoms with Crippen LogP contribution in [0.2, 0.25) is 0 Å². The maximum atomic E-state index is 7.16. The molecule has 0 aliphatic rings. The summed E-state index contributed by atoms with van der Waals surface area (Å²) in [6, 6.07) is 62.9. The van der Waals surface area contributed by atoms with Crippen molar-refractivity contribution in [1.29, 1.82) is 0 Å². The van der Waals surface area contributed by atoms with Crippen molar-refractivity contribution in [1.82, 2.24) is 0 Å². The second kappa shape index (κ2) is 20.4. The summed E-state index contributed by atoms with van der Waals surface area (Å²) in [6.07, 6.45) is -0.390. The van der Waals surface area contributed by atoms with Gasteiger partial charge in [-0.2, -0.15) is 0 Å². The number of benzene rings is 6. The predicted octanol–water partition coefficient (Wildman–Crippen LogP) is 11.9. The molecule has 0 heterocycles. The molecule has 0 unspecified atom stereocenters. The lowest BCUT2D eigenvalue weighted by molar-refractivity contribution is -0.122. The highest BCUT2D eigenvalue weighted by molar-refractivity contribution is 5.49. The minimum absolute atomic E-state index is 0.187. The second-order valence-electron chi connectivity index (χ2n) is 17.2. The lowest BCUT2D eigenvalue weighted by Crippen LogP contribution is -2.41. The molecule has 0 saturated carbocycles. The highest BCUT2D eigenvalue weighted by Gasteiger charge is 2.41. The van der Waals surface area contributed by atoms with Crippen molar-refractivity contribution in [3.63, 3.8) is 0 Å². The van der Waals surface area contributed by atoms with Gasteiger partial charge in [0.25, 0.3) is 0 Å². The van der Waals surface area contributed by atoms with Gasteiger partial charge in [-0.15, -0.1) is 0 Å². The quantitative estimate of drug-likeness (QED) is 0.0569. The van der Waals surface area contributed by atoms with E-state index in [-0.39, 0.29) is 23.0 Å². The summed E-state index contributed by atoms with van der Waals surface area (Å²) in [4.78, 5) is 0. The first kappa shape index (κ1) is 43.7. The third-order valence-corrected chi connectivity index (χ3v) is 11.0. The van der Waals surface area contributed by atoms with Gasteiger partial charge in [-0.05, 0) is 44.2 Å². The highest BCUT2D eigenvalue weighted by Crippen LogP contribution is 2.43. The first-order valence-corrected chi connectivity index (χ1v) is 21.0. The molecule has 5 heteroatoms. The van der Waals surface area contributed by atoms with Crippen LogP contribution in [0.15, 0.2) is 182 Å². The second-order valence-corrected chi connectivity index (χ2v) is 17.2. The van der Waals surface area contributed by atoms with Crippen LogP contribution < -0.4 is 0 Å².